The lowest BCUT2D eigenvalue weighted by Crippen LogP contribution is -2.48. The Hall–Kier alpha value is -1.26. The molecule has 0 aromatic carbocycles. The maximum atomic E-state index is 12.7. The van der Waals surface area contributed by atoms with Crippen LogP contribution >= 0.6 is 0 Å². The second-order valence-electron chi connectivity index (χ2n) is 9.17. The van der Waals surface area contributed by atoms with Crippen LogP contribution in [0.2, 0.25) is 0 Å². The summed E-state index contributed by atoms with van der Waals surface area (Å²) in [6, 6.07) is 0.481. The molecule has 5 aliphatic rings. The maximum absolute atomic E-state index is 12.7. The van der Waals surface area contributed by atoms with E-state index in [0.717, 1.165) is 62.6 Å². The minimum Gasteiger partial charge on any atom is -0.342 e. The van der Waals surface area contributed by atoms with Gasteiger partial charge in [0.2, 0.25) is 5.91 Å². The van der Waals surface area contributed by atoms with E-state index in [0.29, 0.717) is 12.6 Å². The van der Waals surface area contributed by atoms with Crippen molar-refractivity contribution < 1.29 is 9.59 Å². The topological polar surface area (TPSA) is 52.7 Å². The van der Waals surface area contributed by atoms with Crippen molar-refractivity contribution >= 4 is 11.9 Å². The van der Waals surface area contributed by atoms with Gasteiger partial charge in [-0.05, 0) is 68.6 Å². The molecule has 2 heterocycles. The summed E-state index contributed by atoms with van der Waals surface area (Å²) >= 11 is 0. The van der Waals surface area contributed by atoms with Crippen molar-refractivity contribution in [2.24, 2.45) is 29.6 Å². The third-order valence-electron chi connectivity index (χ3n) is 7.98. The molecule has 3 aliphatic carbocycles. The molecule has 6 unspecified atom stereocenters. The van der Waals surface area contributed by atoms with E-state index in [9.17, 15) is 9.59 Å². The molecule has 0 aromatic heterocycles. The van der Waals surface area contributed by atoms with E-state index in [1.54, 1.807) is 0 Å². The average Bonchev–Trinajstić information content (AvgIpc) is 3.42. The van der Waals surface area contributed by atoms with Crippen LogP contribution in [0, 0.1) is 29.6 Å². The summed E-state index contributed by atoms with van der Waals surface area (Å²) in [5.74, 6) is 3.75. The third-order valence-corrected chi connectivity index (χ3v) is 7.98. The minimum atomic E-state index is 0.0306. The van der Waals surface area contributed by atoms with E-state index in [2.05, 4.69) is 5.32 Å². The zero-order chi connectivity index (χ0) is 17.0. The number of urea groups is 1. The Labute approximate surface area is 150 Å². The number of likely N-dealkylation sites (tertiary alicyclic amines) is 2. The number of nitrogens with one attached hydrogen (secondary N) is 1. The Balaban J connectivity index is 1.15. The van der Waals surface area contributed by atoms with Crippen LogP contribution in [0.1, 0.15) is 51.4 Å². The second-order valence-corrected chi connectivity index (χ2v) is 9.17. The number of hydrogen-bond acceptors (Lipinski definition) is 2. The monoisotopic (exact) mass is 345 g/mol. The van der Waals surface area contributed by atoms with Crippen LogP contribution in [-0.4, -0.2) is 54.0 Å². The van der Waals surface area contributed by atoms with E-state index in [4.69, 9.17) is 0 Å². The standard InChI is InChI=1S/C20H31N3O2/c24-19(22-7-1-2-8-22)13-6-9-23(12-13)20(25)21-18-11-14-10-17(18)16-5-3-4-15(14)16/h13-18H,1-12H2,(H,21,25). The average molecular weight is 345 g/mol. The first-order chi connectivity index (χ1) is 12.2. The quantitative estimate of drug-likeness (QED) is 0.836. The number of amides is 3. The Morgan fingerprint density at radius 3 is 2.44 bits per heavy atom. The number of carbonyl (C=O) groups excluding carboxylic acids is 2. The van der Waals surface area contributed by atoms with Gasteiger partial charge in [0.1, 0.15) is 0 Å². The van der Waals surface area contributed by atoms with Crippen LogP contribution in [0.5, 0.6) is 0 Å². The highest BCUT2D eigenvalue weighted by Crippen LogP contribution is 2.58. The van der Waals surface area contributed by atoms with Gasteiger partial charge in [-0.3, -0.25) is 4.79 Å². The van der Waals surface area contributed by atoms with Gasteiger partial charge in [0.15, 0.2) is 0 Å². The molecule has 1 N–H and O–H groups in total. The fourth-order valence-electron chi connectivity index (χ4n) is 6.83. The summed E-state index contributed by atoms with van der Waals surface area (Å²) in [6.07, 6.45) is 9.86. The van der Waals surface area contributed by atoms with Crippen LogP contribution in [0.4, 0.5) is 4.79 Å². The lowest BCUT2D eigenvalue weighted by Gasteiger charge is -2.33. The molecule has 2 bridgehead atoms. The highest BCUT2D eigenvalue weighted by molar-refractivity contribution is 5.82. The summed E-state index contributed by atoms with van der Waals surface area (Å²) in [4.78, 5) is 29.2. The largest absolute Gasteiger partial charge is 0.342 e. The Kier molecular flexibility index (Phi) is 3.94. The van der Waals surface area contributed by atoms with E-state index in [1.165, 1.54) is 32.1 Å². The lowest BCUT2D eigenvalue weighted by atomic mass is 9.79. The fourth-order valence-corrected chi connectivity index (χ4v) is 6.83. The van der Waals surface area contributed by atoms with Gasteiger partial charge in [0.25, 0.3) is 0 Å². The van der Waals surface area contributed by atoms with Crippen molar-refractivity contribution in [2.45, 2.75) is 57.4 Å². The summed E-state index contributed by atoms with van der Waals surface area (Å²) < 4.78 is 0. The first-order valence-electron chi connectivity index (χ1n) is 10.5. The van der Waals surface area contributed by atoms with Gasteiger partial charge < -0.3 is 15.1 Å². The van der Waals surface area contributed by atoms with E-state index < -0.39 is 0 Å². The highest BCUT2D eigenvalue weighted by atomic mass is 16.2. The maximum Gasteiger partial charge on any atom is 0.317 e. The summed E-state index contributed by atoms with van der Waals surface area (Å²) in [6.45, 7) is 3.18. The van der Waals surface area contributed by atoms with Crippen LogP contribution in [0.25, 0.3) is 0 Å². The molecule has 2 aliphatic heterocycles. The van der Waals surface area contributed by atoms with E-state index in [-0.39, 0.29) is 17.9 Å². The van der Waals surface area contributed by atoms with Crippen molar-refractivity contribution in [3.8, 4) is 0 Å². The predicted molar refractivity (Wildman–Crippen MR) is 94.9 cm³/mol. The molecule has 2 saturated heterocycles. The molecule has 5 heteroatoms. The molecule has 5 fully saturated rings. The smallest absolute Gasteiger partial charge is 0.317 e. The molecule has 5 nitrogen and oxygen atoms in total. The minimum absolute atomic E-state index is 0.0306. The highest BCUT2D eigenvalue weighted by Gasteiger charge is 2.54. The molecule has 5 rings (SSSR count). The molecule has 6 atom stereocenters. The normalized spacial score (nSPS) is 42.2. The first kappa shape index (κ1) is 16.0. The number of hydrogen-bond donors (Lipinski definition) is 1. The molecule has 138 valence electrons. The number of fused-ring (bicyclic) bond motifs is 5. The van der Waals surface area contributed by atoms with E-state index >= 15 is 0 Å². The molecular weight excluding hydrogens is 314 g/mol. The zero-order valence-corrected chi connectivity index (χ0v) is 15.2. The van der Waals surface area contributed by atoms with Gasteiger partial charge >= 0.3 is 6.03 Å². The van der Waals surface area contributed by atoms with Crippen molar-refractivity contribution in [3.63, 3.8) is 0 Å². The second kappa shape index (κ2) is 6.17. The zero-order valence-electron chi connectivity index (χ0n) is 15.2. The van der Waals surface area contributed by atoms with Gasteiger partial charge in [0.05, 0.1) is 5.92 Å². The lowest BCUT2D eigenvalue weighted by molar-refractivity contribution is -0.133. The number of rotatable bonds is 2. The van der Waals surface area contributed by atoms with Crippen LogP contribution < -0.4 is 5.32 Å². The van der Waals surface area contributed by atoms with Crippen LogP contribution in [-0.2, 0) is 4.79 Å². The van der Waals surface area contributed by atoms with Gasteiger partial charge in [-0.25, -0.2) is 4.79 Å². The van der Waals surface area contributed by atoms with Crippen molar-refractivity contribution in [3.05, 3.63) is 0 Å². The van der Waals surface area contributed by atoms with Crippen LogP contribution in [0.3, 0.4) is 0 Å². The Morgan fingerprint density at radius 2 is 1.60 bits per heavy atom. The van der Waals surface area contributed by atoms with Gasteiger partial charge in [-0.15, -0.1) is 0 Å². The van der Waals surface area contributed by atoms with Crippen molar-refractivity contribution in [1.82, 2.24) is 15.1 Å². The van der Waals surface area contributed by atoms with Gasteiger partial charge in [-0.1, -0.05) is 6.42 Å². The molecule has 0 aromatic rings. The molecule has 25 heavy (non-hydrogen) atoms. The molecular formula is C20H31N3O2. The summed E-state index contributed by atoms with van der Waals surface area (Å²) in [7, 11) is 0. The van der Waals surface area contributed by atoms with Crippen molar-refractivity contribution in [2.75, 3.05) is 26.2 Å². The van der Waals surface area contributed by atoms with Gasteiger partial charge in [-0.2, -0.15) is 0 Å². The van der Waals surface area contributed by atoms with Gasteiger partial charge in [0, 0.05) is 32.2 Å². The first-order valence-corrected chi connectivity index (χ1v) is 10.5. The fraction of sp³-hybridized carbons (Fsp3) is 0.900. The predicted octanol–water partition coefficient (Wildman–Crippen LogP) is 2.47. The molecule has 3 saturated carbocycles. The molecule has 3 amide bonds. The molecule has 0 spiro atoms. The number of carbonyl (C=O) groups is 2. The third kappa shape index (κ3) is 2.65. The summed E-state index contributed by atoms with van der Waals surface area (Å²) in [5, 5.41) is 3.36. The SMILES string of the molecule is O=C(NC1CC2CC1C1CCCC21)N1CCC(C(=O)N2CCCC2)C1. The number of nitrogens with zero attached hydrogens (tertiary/aromatic N) is 2. The van der Waals surface area contributed by atoms with E-state index in [1.807, 2.05) is 9.80 Å². The summed E-state index contributed by atoms with van der Waals surface area (Å²) in [5.41, 5.74) is 0. The van der Waals surface area contributed by atoms with Crippen molar-refractivity contribution in [1.29, 1.82) is 0 Å². The van der Waals surface area contributed by atoms with Crippen LogP contribution in [0.15, 0.2) is 0 Å². The Morgan fingerprint density at radius 1 is 0.800 bits per heavy atom. The molecule has 0 radical (unpaired) electrons. The Bertz CT molecular complexity index is 559.